The van der Waals surface area contributed by atoms with Crippen LogP contribution in [0.25, 0.3) is 0 Å². The molecule has 0 bridgehead atoms. The Kier molecular flexibility index (Phi) is 4.28. The molecule has 5 heteroatoms. The number of rotatable bonds is 4. The molecule has 2 aromatic rings. The Morgan fingerprint density at radius 3 is 2.94 bits per heavy atom. The maximum absolute atomic E-state index is 13.1. The van der Waals surface area contributed by atoms with Crippen molar-refractivity contribution in [2.45, 2.75) is 6.54 Å². The molecule has 0 fully saturated rings. The fourth-order valence-corrected chi connectivity index (χ4v) is 1.82. The second-order valence-corrected chi connectivity index (χ2v) is 4.56. The Hall–Kier alpha value is -1.46. The predicted molar refractivity (Wildman–Crippen MR) is 71.2 cm³/mol. The molecule has 0 aliphatic heterocycles. The number of nitrogens with zero attached hydrogens (tertiary/aromatic N) is 1. The first-order valence-electron chi connectivity index (χ1n) is 5.41. The number of hydrogen-bond acceptors (Lipinski definition) is 3. The molecule has 0 saturated carbocycles. The van der Waals surface area contributed by atoms with Crippen LogP contribution in [0.4, 0.5) is 4.39 Å². The third-order valence-electron chi connectivity index (χ3n) is 2.29. The highest BCUT2D eigenvalue weighted by molar-refractivity contribution is 9.10. The zero-order chi connectivity index (χ0) is 13.0. The van der Waals surface area contributed by atoms with Crippen LogP contribution >= 0.6 is 15.9 Å². The van der Waals surface area contributed by atoms with Crippen molar-refractivity contribution >= 4 is 15.9 Å². The summed E-state index contributed by atoms with van der Waals surface area (Å²) in [6, 6.07) is 7.98. The van der Waals surface area contributed by atoms with Crippen molar-refractivity contribution in [2.75, 3.05) is 7.05 Å². The van der Waals surface area contributed by atoms with E-state index in [1.54, 1.807) is 12.3 Å². The normalized spacial score (nSPS) is 10.4. The number of benzene rings is 1. The molecule has 1 heterocycles. The summed E-state index contributed by atoms with van der Waals surface area (Å²) in [7, 11) is 1.87. The Morgan fingerprint density at radius 1 is 1.33 bits per heavy atom. The van der Waals surface area contributed by atoms with E-state index >= 15 is 0 Å². The zero-order valence-electron chi connectivity index (χ0n) is 9.78. The van der Waals surface area contributed by atoms with Gasteiger partial charge >= 0.3 is 0 Å². The van der Waals surface area contributed by atoms with Crippen molar-refractivity contribution in [3.05, 3.63) is 52.4 Å². The maximum Gasteiger partial charge on any atom is 0.219 e. The van der Waals surface area contributed by atoms with Crippen LogP contribution in [-0.4, -0.2) is 12.0 Å². The molecular formula is C13H12BrFN2O. The van der Waals surface area contributed by atoms with Gasteiger partial charge in [0.2, 0.25) is 5.88 Å². The highest BCUT2D eigenvalue weighted by Crippen LogP contribution is 2.29. The van der Waals surface area contributed by atoms with Crippen LogP contribution in [-0.2, 0) is 6.54 Å². The molecule has 94 valence electrons. The fourth-order valence-electron chi connectivity index (χ4n) is 1.49. The van der Waals surface area contributed by atoms with E-state index in [2.05, 4.69) is 26.2 Å². The van der Waals surface area contributed by atoms with E-state index in [9.17, 15) is 4.39 Å². The summed E-state index contributed by atoms with van der Waals surface area (Å²) in [6.07, 6.45) is 1.66. The molecule has 18 heavy (non-hydrogen) atoms. The molecular weight excluding hydrogens is 299 g/mol. The van der Waals surface area contributed by atoms with Crippen molar-refractivity contribution in [3.8, 4) is 11.6 Å². The lowest BCUT2D eigenvalue weighted by atomic mass is 10.2. The lowest BCUT2D eigenvalue weighted by Gasteiger charge is -2.08. The average molecular weight is 311 g/mol. The van der Waals surface area contributed by atoms with Crippen LogP contribution in [0.2, 0.25) is 0 Å². The highest BCUT2D eigenvalue weighted by Gasteiger charge is 2.06. The largest absolute Gasteiger partial charge is 0.438 e. The quantitative estimate of drug-likeness (QED) is 0.938. The summed E-state index contributed by atoms with van der Waals surface area (Å²) in [5.74, 6) is 0.498. The molecule has 0 radical (unpaired) electrons. The first-order chi connectivity index (χ1) is 8.69. The Morgan fingerprint density at radius 2 is 2.17 bits per heavy atom. The minimum absolute atomic E-state index is 0.348. The van der Waals surface area contributed by atoms with E-state index < -0.39 is 0 Å². The van der Waals surface area contributed by atoms with E-state index in [4.69, 9.17) is 4.74 Å². The van der Waals surface area contributed by atoms with Crippen molar-refractivity contribution in [3.63, 3.8) is 0 Å². The molecule has 1 N–H and O–H groups in total. The van der Waals surface area contributed by atoms with Crippen LogP contribution < -0.4 is 10.1 Å². The van der Waals surface area contributed by atoms with Gasteiger partial charge in [0, 0.05) is 24.9 Å². The molecule has 1 aromatic carbocycles. The van der Waals surface area contributed by atoms with E-state index in [0.717, 1.165) is 12.1 Å². The lowest BCUT2D eigenvalue weighted by molar-refractivity contribution is 0.454. The summed E-state index contributed by atoms with van der Waals surface area (Å²) < 4.78 is 19.4. The minimum atomic E-state index is -0.348. The summed E-state index contributed by atoms with van der Waals surface area (Å²) in [5.41, 5.74) is 1.05. The summed E-state index contributed by atoms with van der Waals surface area (Å²) >= 11 is 3.31. The second-order valence-electron chi connectivity index (χ2n) is 3.71. The van der Waals surface area contributed by atoms with E-state index in [-0.39, 0.29) is 5.82 Å². The Bertz CT molecular complexity index is 548. The van der Waals surface area contributed by atoms with Gasteiger partial charge < -0.3 is 10.1 Å². The summed E-state index contributed by atoms with van der Waals surface area (Å²) in [4.78, 5) is 4.09. The Labute approximate surface area is 113 Å². The van der Waals surface area contributed by atoms with E-state index in [1.807, 2.05) is 19.2 Å². The van der Waals surface area contributed by atoms with Crippen molar-refractivity contribution in [1.82, 2.24) is 10.3 Å². The molecule has 3 nitrogen and oxygen atoms in total. The third kappa shape index (κ3) is 3.27. The van der Waals surface area contributed by atoms with Gasteiger partial charge in [-0.15, -0.1) is 0 Å². The molecule has 2 rings (SSSR count). The summed E-state index contributed by atoms with van der Waals surface area (Å²) in [5, 5.41) is 3.04. The first-order valence-corrected chi connectivity index (χ1v) is 6.21. The van der Waals surface area contributed by atoms with Gasteiger partial charge in [0.25, 0.3) is 0 Å². The number of ether oxygens (including phenoxy) is 1. The van der Waals surface area contributed by atoms with Gasteiger partial charge in [-0.1, -0.05) is 0 Å². The van der Waals surface area contributed by atoms with Gasteiger partial charge in [0.15, 0.2) is 0 Å². The Balaban J connectivity index is 2.22. The van der Waals surface area contributed by atoms with Gasteiger partial charge in [-0.2, -0.15) is 0 Å². The highest BCUT2D eigenvalue weighted by atomic mass is 79.9. The van der Waals surface area contributed by atoms with Gasteiger partial charge in [-0.05, 0) is 46.7 Å². The lowest BCUT2D eigenvalue weighted by Crippen LogP contribution is -2.05. The smallest absolute Gasteiger partial charge is 0.219 e. The fraction of sp³-hybridized carbons (Fsp3) is 0.154. The molecule has 1 aromatic heterocycles. The van der Waals surface area contributed by atoms with Crippen molar-refractivity contribution in [1.29, 1.82) is 0 Å². The van der Waals surface area contributed by atoms with Crippen LogP contribution in [0, 0.1) is 5.82 Å². The van der Waals surface area contributed by atoms with Crippen molar-refractivity contribution in [2.24, 2.45) is 0 Å². The maximum atomic E-state index is 13.1. The molecule has 0 atom stereocenters. The van der Waals surface area contributed by atoms with E-state index in [0.29, 0.717) is 16.1 Å². The molecule has 0 saturated heterocycles. The van der Waals surface area contributed by atoms with Crippen LogP contribution in [0.1, 0.15) is 5.56 Å². The number of halogens is 2. The van der Waals surface area contributed by atoms with Crippen LogP contribution in [0.3, 0.4) is 0 Å². The zero-order valence-corrected chi connectivity index (χ0v) is 11.4. The molecule has 0 aliphatic rings. The second kappa shape index (κ2) is 5.93. The number of hydrogen-bond donors (Lipinski definition) is 1. The van der Waals surface area contributed by atoms with Gasteiger partial charge in [-0.25, -0.2) is 9.37 Å². The molecule has 0 spiro atoms. The predicted octanol–water partition coefficient (Wildman–Crippen LogP) is 3.49. The number of pyridine rings is 1. The monoisotopic (exact) mass is 310 g/mol. The minimum Gasteiger partial charge on any atom is -0.438 e. The summed E-state index contributed by atoms with van der Waals surface area (Å²) in [6.45, 7) is 0.725. The number of nitrogens with one attached hydrogen (secondary N) is 1. The SMILES string of the molecule is CNCc1ccnc(Oc2cc(F)ccc2Br)c1. The van der Waals surface area contributed by atoms with Gasteiger partial charge in [0.05, 0.1) is 4.47 Å². The number of aromatic nitrogens is 1. The third-order valence-corrected chi connectivity index (χ3v) is 2.94. The first kappa shape index (κ1) is 13.0. The topological polar surface area (TPSA) is 34.2 Å². The van der Waals surface area contributed by atoms with Gasteiger partial charge in [0.1, 0.15) is 11.6 Å². The molecule has 0 unspecified atom stereocenters. The standard InChI is InChI=1S/C13H12BrFN2O/c1-16-8-9-4-5-17-13(6-9)18-12-7-10(15)2-3-11(12)14/h2-7,16H,8H2,1H3. The van der Waals surface area contributed by atoms with E-state index in [1.165, 1.54) is 12.1 Å². The molecule has 0 aliphatic carbocycles. The average Bonchev–Trinajstić information content (AvgIpc) is 2.35. The van der Waals surface area contributed by atoms with Crippen molar-refractivity contribution < 1.29 is 9.13 Å². The van der Waals surface area contributed by atoms with Crippen LogP contribution in [0.15, 0.2) is 41.0 Å². The molecule has 0 amide bonds. The van der Waals surface area contributed by atoms with Gasteiger partial charge in [-0.3, -0.25) is 0 Å². The van der Waals surface area contributed by atoms with Crippen LogP contribution in [0.5, 0.6) is 11.6 Å².